The topological polar surface area (TPSA) is 108 Å². The van der Waals surface area contributed by atoms with E-state index >= 15 is 0 Å². The number of benzene rings is 2. The predicted molar refractivity (Wildman–Crippen MR) is 123 cm³/mol. The van der Waals surface area contributed by atoms with Crippen LogP contribution < -0.4 is 11.1 Å². The lowest BCUT2D eigenvalue weighted by Gasteiger charge is -2.05. The lowest BCUT2D eigenvalue weighted by atomic mass is 10.2. The molecule has 0 saturated carbocycles. The molecule has 0 saturated heterocycles. The Hall–Kier alpha value is -4.46. The van der Waals surface area contributed by atoms with Crippen molar-refractivity contribution in [3.8, 4) is 11.4 Å². The predicted octanol–water partition coefficient (Wildman–Crippen LogP) is 3.43. The fourth-order valence-corrected chi connectivity index (χ4v) is 3.36. The number of carbonyl (C=O) groups is 2. The number of nitrogens with two attached hydrogens (primary N) is 1. The second kappa shape index (κ2) is 8.73. The Morgan fingerprint density at radius 2 is 1.66 bits per heavy atom. The standard InChI is InChI=1S/C24H22N6O2/c1-16-21(17(2)30(27-16)20-6-4-3-5-7-20)12-13-23(31)26-18-8-10-19(11-9-18)29-15-14-22(28-29)24(25)32/h3-15H,1-2H3,(H2,25,32)(H,26,31)/b13-12+. The number of nitrogens with zero attached hydrogens (tertiary/aromatic N) is 4. The van der Waals surface area contributed by atoms with Crippen molar-refractivity contribution < 1.29 is 9.59 Å². The highest BCUT2D eigenvalue weighted by Gasteiger charge is 2.11. The number of aromatic nitrogens is 4. The zero-order valence-electron chi connectivity index (χ0n) is 17.7. The molecule has 8 nitrogen and oxygen atoms in total. The minimum absolute atomic E-state index is 0.189. The van der Waals surface area contributed by atoms with Crippen molar-refractivity contribution in [2.24, 2.45) is 5.73 Å². The zero-order valence-corrected chi connectivity index (χ0v) is 17.7. The molecule has 0 aliphatic heterocycles. The van der Waals surface area contributed by atoms with Gasteiger partial charge in [-0.05, 0) is 62.4 Å². The number of aryl methyl sites for hydroxylation is 1. The molecule has 2 aromatic carbocycles. The number of hydrogen-bond donors (Lipinski definition) is 2. The van der Waals surface area contributed by atoms with Crippen LogP contribution in [0.3, 0.4) is 0 Å². The van der Waals surface area contributed by atoms with Gasteiger partial charge in [0.15, 0.2) is 0 Å². The van der Waals surface area contributed by atoms with Crippen LogP contribution in [0.15, 0.2) is 72.9 Å². The molecule has 0 bridgehead atoms. The first kappa shape index (κ1) is 20.8. The summed E-state index contributed by atoms with van der Waals surface area (Å²) < 4.78 is 3.41. The molecular weight excluding hydrogens is 404 g/mol. The van der Waals surface area contributed by atoms with Crippen molar-refractivity contribution in [2.75, 3.05) is 5.32 Å². The molecule has 160 valence electrons. The summed E-state index contributed by atoms with van der Waals surface area (Å²) in [4.78, 5) is 23.6. The Kier molecular flexibility index (Phi) is 5.67. The number of primary amides is 1. The van der Waals surface area contributed by atoms with E-state index in [1.807, 2.05) is 48.9 Å². The lowest BCUT2D eigenvalue weighted by Crippen LogP contribution is -2.12. The van der Waals surface area contributed by atoms with Gasteiger partial charge in [-0.3, -0.25) is 9.59 Å². The fraction of sp³-hybridized carbons (Fsp3) is 0.0833. The molecule has 0 aliphatic carbocycles. The van der Waals surface area contributed by atoms with E-state index in [2.05, 4.69) is 15.5 Å². The Labute approximate surface area is 185 Å². The van der Waals surface area contributed by atoms with Gasteiger partial charge in [-0.15, -0.1) is 0 Å². The van der Waals surface area contributed by atoms with Gasteiger partial charge in [0.2, 0.25) is 5.91 Å². The molecule has 4 rings (SSSR count). The van der Waals surface area contributed by atoms with E-state index in [-0.39, 0.29) is 11.6 Å². The average Bonchev–Trinajstić information content (AvgIpc) is 3.39. The molecule has 2 amide bonds. The normalized spacial score (nSPS) is 11.1. The third-order valence-electron chi connectivity index (χ3n) is 4.99. The Bertz CT molecular complexity index is 1300. The number of carbonyl (C=O) groups excluding carboxylic acids is 2. The highest BCUT2D eigenvalue weighted by Crippen LogP contribution is 2.19. The van der Waals surface area contributed by atoms with Crippen molar-refractivity contribution in [3.05, 3.63) is 95.6 Å². The van der Waals surface area contributed by atoms with Crippen molar-refractivity contribution in [1.82, 2.24) is 19.6 Å². The summed E-state index contributed by atoms with van der Waals surface area (Å²) in [6.45, 7) is 3.89. The number of amides is 2. The highest BCUT2D eigenvalue weighted by atomic mass is 16.1. The minimum Gasteiger partial charge on any atom is -0.364 e. The lowest BCUT2D eigenvalue weighted by molar-refractivity contribution is -0.111. The molecule has 8 heteroatoms. The summed E-state index contributed by atoms with van der Waals surface area (Å²) in [5, 5.41) is 11.5. The molecule has 0 aliphatic rings. The van der Waals surface area contributed by atoms with Gasteiger partial charge in [-0.1, -0.05) is 18.2 Å². The van der Waals surface area contributed by atoms with Crippen LogP contribution in [-0.2, 0) is 4.79 Å². The van der Waals surface area contributed by atoms with E-state index in [9.17, 15) is 9.59 Å². The number of hydrogen-bond acceptors (Lipinski definition) is 4. The summed E-state index contributed by atoms with van der Waals surface area (Å²) in [6, 6.07) is 18.5. The summed E-state index contributed by atoms with van der Waals surface area (Å²) >= 11 is 0. The van der Waals surface area contributed by atoms with Crippen molar-refractivity contribution in [3.63, 3.8) is 0 Å². The van der Waals surface area contributed by atoms with Gasteiger partial charge in [0.25, 0.3) is 5.91 Å². The molecule has 2 heterocycles. The minimum atomic E-state index is -0.584. The van der Waals surface area contributed by atoms with Crippen molar-refractivity contribution >= 4 is 23.6 Å². The highest BCUT2D eigenvalue weighted by molar-refractivity contribution is 6.02. The number of anilines is 1. The van der Waals surface area contributed by atoms with E-state index in [0.29, 0.717) is 5.69 Å². The van der Waals surface area contributed by atoms with Crippen LogP contribution in [0.25, 0.3) is 17.5 Å². The maximum atomic E-state index is 12.4. The summed E-state index contributed by atoms with van der Waals surface area (Å²) in [5.74, 6) is -0.835. The van der Waals surface area contributed by atoms with Crippen molar-refractivity contribution in [1.29, 1.82) is 0 Å². The van der Waals surface area contributed by atoms with E-state index in [0.717, 1.165) is 28.3 Å². The molecule has 4 aromatic rings. The fourth-order valence-electron chi connectivity index (χ4n) is 3.36. The SMILES string of the molecule is Cc1nn(-c2ccccc2)c(C)c1/C=C/C(=O)Nc1ccc(-n2ccc(C(N)=O)n2)cc1. The molecule has 0 spiro atoms. The van der Waals surface area contributed by atoms with E-state index < -0.39 is 5.91 Å². The second-order valence-corrected chi connectivity index (χ2v) is 7.21. The van der Waals surface area contributed by atoms with Gasteiger partial charge < -0.3 is 11.1 Å². The van der Waals surface area contributed by atoms with Gasteiger partial charge in [-0.2, -0.15) is 10.2 Å². The van der Waals surface area contributed by atoms with Gasteiger partial charge in [0, 0.05) is 29.2 Å². The Morgan fingerprint density at radius 3 is 2.31 bits per heavy atom. The first-order chi connectivity index (χ1) is 15.4. The number of nitrogens with one attached hydrogen (secondary N) is 1. The average molecular weight is 426 g/mol. The smallest absolute Gasteiger partial charge is 0.269 e. The van der Waals surface area contributed by atoms with E-state index in [1.165, 1.54) is 6.08 Å². The third kappa shape index (κ3) is 4.34. The van der Waals surface area contributed by atoms with Crippen LogP contribution in [0, 0.1) is 13.8 Å². The van der Waals surface area contributed by atoms with Crippen molar-refractivity contribution in [2.45, 2.75) is 13.8 Å². The van der Waals surface area contributed by atoms with Crippen LogP contribution >= 0.6 is 0 Å². The molecule has 0 fully saturated rings. The molecule has 32 heavy (non-hydrogen) atoms. The maximum Gasteiger partial charge on any atom is 0.269 e. The first-order valence-corrected chi connectivity index (χ1v) is 9.99. The van der Waals surface area contributed by atoms with Gasteiger partial charge in [0.05, 0.1) is 17.1 Å². The maximum absolute atomic E-state index is 12.4. The van der Waals surface area contributed by atoms with Crippen LogP contribution in [0.4, 0.5) is 5.69 Å². The molecular formula is C24H22N6O2. The first-order valence-electron chi connectivity index (χ1n) is 9.99. The van der Waals surface area contributed by atoms with Crippen LogP contribution in [-0.4, -0.2) is 31.4 Å². The Balaban J connectivity index is 1.45. The largest absolute Gasteiger partial charge is 0.364 e. The summed E-state index contributed by atoms with van der Waals surface area (Å²) in [6.07, 6.45) is 4.92. The molecule has 0 unspecified atom stereocenters. The molecule has 2 aromatic heterocycles. The van der Waals surface area contributed by atoms with Gasteiger partial charge >= 0.3 is 0 Å². The van der Waals surface area contributed by atoms with Crippen LogP contribution in [0.2, 0.25) is 0 Å². The van der Waals surface area contributed by atoms with E-state index in [1.54, 1.807) is 47.3 Å². The van der Waals surface area contributed by atoms with E-state index in [4.69, 9.17) is 5.73 Å². The third-order valence-corrected chi connectivity index (χ3v) is 4.99. The van der Waals surface area contributed by atoms with Crippen LogP contribution in [0.1, 0.15) is 27.4 Å². The number of para-hydroxylation sites is 1. The molecule has 0 radical (unpaired) electrons. The molecule has 3 N–H and O–H groups in total. The van der Waals surface area contributed by atoms with Gasteiger partial charge in [0.1, 0.15) is 5.69 Å². The summed E-state index contributed by atoms with van der Waals surface area (Å²) in [7, 11) is 0. The second-order valence-electron chi connectivity index (χ2n) is 7.21. The number of rotatable bonds is 6. The van der Waals surface area contributed by atoms with Crippen LogP contribution in [0.5, 0.6) is 0 Å². The Morgan fingerprint density at radius 1 is 0.938 bits per heavy atom. The summed E-state index contributed by atoms with van der Waals surface area (Å²) in [5.41, 5.74) is 10.5. The van der Waals surface area contributed by atoms with Gasteiger partial charge in [-0.25, -0.2) is 9.36 Å². The monoisotopic (exact) mass is 426 g/mol. The zero-order chi connectivity index (χ0) is 22.7. The molecule has 0 atom stereocenters. The quantitative estimate of drug-likeness (QED) is 0.461.